The Bertz CT molecular complexity index is 304. The summed E-state index contributed by atoms with van der Waals surface area (Å²) in [7, 11) is 0. The van der Waals surface area contributed by atoms with E-state index in [2.05, 4.69) is 5.10 Å². The molecule has 0 bridgehead atoms. The zero-order valence-electron chi connectivity index (χ0n) is 5.82. The van der Waals surface area contributed by atoms with Crippen LogP contribution >= 0.6 is 22.6 Å². The molecule has 0 aliphatic carbocycles. The average Bonchev–Trinajstić information content (AvgIpc) is 2.29. The first-order valence-corrected chi connectivity index (χ1v) is 4.00. The molecule has 0 amide bonds. The summed E-state index contributed by atoms with van der Waals surface area (Å²) in [6.07, 6.45) is -4.04. The minimum absolute atomic E-state index is 0.0232. The number of rotatable bonds is 1. The summed E-state index contributed by atoms with van der Waals surface area (Å²) < 4.78 is 59.4. The van der Waals surface area contributed by atoms with Crippen molar-refractivity contribution in [2.45, 2.75) is 12.7 Å². The second-order valence-corrected chi connectivity index (χ2v) is 3.24. The van der Waals surface area contributed by atoms with Crippen molar-refractivity contribution in [3.8, 4) is 0 Å². The third-order valence-corrected chi connectivity index (χ3v) is 1.95. The molecule has 0 aliphatic heterocycles. The Morgan fingerprint density at radius 1 is 1.38 bits per heavy atom. The quantitative estimate of drug-likeness (QED) is 0.576. The normalized spacial score (nSPS) is 12.5. The minimum atomic E-state index is -4.68. The summed E-state index contributed by atoms with van der Waals surface area (Å²) in [5.74, 6) is 0. The Morgan fingerprint density at radius 2 is 1.92 bits per heavy atom. The van der Waals surface area contributed by atoms with Crippen molar-refractivity contribution in [2.24, 2.45) is 0 Å². The van der Waals surface area contributed by atoms with Gasteiger partial charge in [0.15, 0.2) is 5.69 Å². The molecule has 74 valence electrons. The monoisotopic (exact) mass is 312 g/mol. The van der Waals surface area contributed by atoms with Crippen molar-refractivity contribution in [1.82, 2.24) is 9.78 Å². The summed E-state index contributed by atoms with van der Waals surface area (Å²) in [6.45, 7) is -3.05. The highest BCUT2D eigenvalue weighted by molar-refractivity contribution is 14.1. The highest BCUT2D eigenvalue weighted by atomic mass is 127. The van der Waals surface area contributed by atoms with Gasteiger partial charge in [-0.25, -0.2) is 4.68 Å². The lowest BCUT2D eigenvalue weighted by atomic mass is 10.4. The lowest BCUT2D eigenvalue weighted by Gasteiger charge is -2.01. The van der Waals surface area contributed by atoms with E-state index in [4.69, 9.17) is 0 Å². The molecule has 13 heavy (non-hydrogen) atoms. The van der Waals surface area contributed by atoms with Gasteiger partial charge in [-0.05, 0) is 22.6 Å². The van der Waals surface area contributed by atoms with Gasteiger partial charge in [-0.1, -0.05) is 0 Å². The van der Waals surface area contributed by atoms with E-state index in [1.54, 1.807) is 0 Å². The van der Waals surface area contributed by atoms with Crippen LogP contribution in [-0.4, -0.2) is 9.78 Å². The van der Waals surface area contributed by atoms with Gasteiger partial charge in [-0.3, -0.25) is 0 Å². The fraction of sp³-hybridized carbons (Fsp3) is 0.400. The van der Waals surface area contributed by atoms with Gasteiger partial charge in [0.2, 0.25) is 0 Å². The van der Waals surface area contributed by atoms with Crippen LogP contribution in [0.25, 0.3) is 0 Å². The molecular weight excluding hydrogens is 310 g/mol. The number of aromatic nitrogens is 2. The summed E-state index contributed by atoms with van der Waals surface area (Å²) in [4.78, 5) is 0. The number of hydrogen-bond acceptors (Lipinski definition) is 1. The Kier molecular flexibility index (Phi) is 2.78. The smallest absolute Gasteiger partial charge is 0.210 e. The first kappa shape index (κ1) is 10.7. The maximum atomic E-state index is 12.0. The molecule has 0 radical (unpaired) electrons. The molecule has 1 aromatic heterocycles. The van der Waals surface area contributed by atoms with E-state index in [0.717, 1.165) is 0 Å². The van der Waals surface area contributed by atoms with E-state index in [1.165, 1.54) is 22.6 Å². The van der Waals surface area contributed by atoms with Gasteiger partial charge in [0, 0.05) is 6.20 Å². The number of nitrogens with zero attached hydrogens (tertiary/aromatic N) is 2. The second kappa shape index (κ2) is 3.39. The molecule has 1 rings (SSSR count). The molecule has 1 heterocycles. The lowest BCUT2D eigenvalue weighted by molar-refractivity contribution is -0.142. The van der Waals surface area contributed by atoms with E-state index >= 15 is 0 Å². The Labute approximate surface area is 82.9 Å². The molecule has 0 saturated heterocycles. The van der Waals surface area contributed by atoms with Crippen molar-refractivity contribution in [2.75, 3.05) is 0 Å². The Hall–Kier alpha value is -0.410. The van der Waals surface area contributed by atoms with Gasteiger partial charge in [0.05, 0.1) is 3.57 Å². The van der Waals surface area contributed by atoms with Gasteiger partial charge in [0.25, 0.3) is 0 Å². The van der Waals surface area contributed by atoms with Crippen molar-refractivity contribution >= 4 is 22.6 Å². The maximum absolute atomic E-state index is 12.0. The van der Waals surface area contributed by atoms with E-state index in [9.17, 15) is 22.0 Å². The van der Waals surface area contributed by atoms with E-state index in [0.29, 0.717) is 6.20 Å². The predicted molar refractivity (Wildman–Crippen MR) is 41.2 cm³/mol. The molecule has 2 nitrogen and oxygen atoms in total. The summed E-state index contributed by atoms with van der Waals surface area (Å²) >= 11 is 1.30. The van der Waals surface area contributed by atoms with Crippen LogP contribution in [0.5, 0.6) is 0 Å². The van der Waals surface area contributed by atoms with Crippen LogP contribution in [0.2, 0.25) is 0 Å². The molecule has 0 unspecified atom stereocenters. The Balaban J connectivity index is 3.11. The minimum Gasteiger partial charge on any atom is -0.210 e. The third kappa shape index (κ3) is 2.29. The van der Waals surface area contributed by atoms with Crippen molar-refractivity contribution < 1.29 is 22.0 Å². The van der Waals surface area contributed by atoms with Crippen molar-refractivity contribution in [3.05, 3.63) is 15.5 Å². The average molecular weight is 312 g/mol. The topological polar surface area (TPSA) is 17.8 Å². The number of alkyl halides is 5. The van der Waals surface area contributed by atoms with Crippen molar-refractivity contribution in [3.63, 3.8) is 0 Å². The SMILES string of the molecule is FC(F)n1cc(I)c(C(F)(F)F)n1. The van der Waals surface area contributed by atoms with Gasteiger partial charge < -0.3 is 0 Å². The molecular formula is C5H2F5IN2. The molecule has 0 aliphatic rings. The van der Waals surface area contributed by atoms with Gasteiger partial charge >= 0.3 is 12.7 Å². The summed E-state index contributed by atoms with van der Waals surface area (Å²) in [6, 6.07) is 0. The predicted octanol–water partition coefficient (Wildman–Crippen LogP) is 2.90. The van der Waals surface area contributed by atoms with Crippen LogP contribution in [-0.2, 0) is 6.18 Å². The second-order valence-electron chi connectivity index (χ2n) is 2.08. The van der Waals surface area contributed by atoms with E-state index in [-0.39, 0.29) is 8.25 Å². The van der Waals surface area contributed by atoms with Gasteiger partial charge in [-0.2, -0.15) is 27.1 Å². The molecule has 1 aromatic rings. The highest BCUT2D eigenvalue weighted by Crippen LogP contribution is 2.32. The molecule has 0 fully saturated rings. The van der Waals surface area contributed by atoms with Gasteiger partial charge in [0.1, 0.15) is 0 Å². The largest absolute Gasteiger partial charge is 0.436 e. The fourth-order valence-corrected chi connectivity index (χ4v) is 1.36. The molecule has 8 heteroatoms. The van der Waals surface area contributed by atoms with Crippen LogP contribution in [0.1, 0.15) is 12.2 Å². The zero-order valence-corrected chi connectivity index (χ0v) is 7.97. The third-order valence-electron chi connectivity index (χ3n) is 1.16. The zero-order chi connectivity index (χ0) is 10.2. The van der Waals surface area contributed by atoms with Crippen LogP contribution in [0, 0.1) is 3.57 Å². The van der Waals surface area contributed by atoms with Gasteiger partial charge in [-0.15, -0.1) is 0 Å². The first-order chi connectivity index (χ1) is 5.82. The van der Waals surface area contributed by atoms with Crippen LogP contribution in [0.4, 0.5) is 22.0 Å². The molecule has 0 N–H and O–H groups in total. The number of hydrogen-bond donors (Lipinski definition) is 0. The number of halogens is 6. The summed E-state index contributed by atoms with van der Waals surface area (Å²) in [5, 5.41) is 2.71. The molecule has 0 saturated carbocycles. The standard InChI is InChI=1S/C5H2F5IN2/c6-4(7)13-1-2(11)3(12-13)5(8,9)10/h1,4H. The Morgan fingerprint density at radius 3 is 2.15 bits per heavy atom. The fourth-order valence-electron chi connectivity index (χ4n) is 0.661. The first-order valence-electron chi connectivity index (χ1n) is 2.92. The van der Waals surface area contributed by atoms with E-state index in [1.807, 2.05) is 0 Å². The maximum Gasteiger partial charge on any atom is 0.436 e. The molecule has 0 aromatic carbocycles. The molecule has 0 atom stereocenters. The van der Waals surface area contributed by atoms with Crippen LogP contribution in [0.15, 0.2) is 6.20 Å². The van der Waals surface area contributed by atoms with Crippen LogP contribution < -0.4 is 0 Å². The lowest BCUT2D eigenvalue weighted by Crippen LogP contribution is -2.09. The molecule has 0 spiro atoms. The van der Waals surface area contributed by atoms with Crippen molar-refractivity contribution in [1.29, 1.82) is 0 Å². The summed E-state index contributed by atoms with van der Waals surface area (Å²) in [5.41, 5.74) is -1.28. The van der Waals surface area contributed by atoms with E-state index < -0.39 is 18.4 Å². The highest BCUT2D eigenvalue weighted by Gasteiger charge is 2.37. The van der Waals surface area contributed by atoms with Crippen LogP contribution in [0.3, 0.4) is 0 Å².